The molecule has 0 rings (SSSR count). The Balaban J connectivity index is 3.51. The van der Waals surface area contributed by atoms with Crippen LogP contribution in [0.15, 0.2) is 0 Å². The third-order valence-corrected chi connectivity index (χ3v) is 5.20. The Bertz CT molecular complexity index is 506. The molecular formula is C23H41NO6. The number of hydrogen-bond acceptors (Lipinski definition) is 4. The van der Waals surface area contributed by atoms with Gasteiger partial charge in [-0.2, -0.15) is 0 Å². The number of unbranched alkanes of at least 4 members (excludes halogenated alkanes) is 11. The fraction of sp³-hybridized carbons (Fsp3) is 0.826. The van der Waals surface area contributed by atoms with Crippen molar-refractivity contribution in [3.8, 4) is 0 Å². The maximum absolute atomic E-state index is 11.9. The van der Waals surface area contributed by atoms with Gasteiger partial charge in [-0.05, 0) is 32.6 Å². The molecule has 1 amide bonds. The van der Waals surface area contributed by atoms with Crippen molar-refractivity contribution in [2.45, 2.75) is 122 Å². The van der Waals surface area contributed by atoms with Crippen LogP contribution in [0.4, 0.5) is 0 Å². The van der Waals surface area contributed by atoms with Crippen LogP contribution in [0.2, 0.25) is 0 Å². The van der Waals surface area contributed by atoms with E-state index in [1.54, 1.807) is 0 Å². The van der Waals surface area contributed by atoms with E-state index in [1.807, 2.05) is 0 Å². The number of Topliss-reactive ketones (excluding diaryl/α,β-unsaturated/α-hetero) is 1. The lowest BCUT2D eigenvalue weighted by atomic mass is 10.0. The number of rotatable bonds is 21. The average molecular weight is 428 g/mol. The third-order valence-electron chi connectivity index (χ3n) is 5.20. The Labute approximate surface area is 181 Å². The van der Waals surface area contributed by atoms with E-state index in [4.69, 9.17) is 5.11 Å². The molecule has 3 N–H and O–H groups in total. The van der Waals surface area contributed by atoms with E-state index in [9.17, 15) is 24.3 Å². The van der Waals surface area contributed by atoms with E-state index in [2.05, 4.69) is 5.32 Å². The van der Waals surface area contributed by atoms with Crippen LogP contribution in [-0.4, -0.2) is 39.9 Å². The van der Waals surface area contributed by atoms with Gasteiger partial charge in [0.2, 0.25) is 5.91 Å². The second-order valence-electron chi connectivity index (χ2n) is 8.19. The first-order valence-electron chi connectivity index (χ1n) is 11.6. The van der Waals surface area contributed by atoms with Crippen LogP contribution in [0.25, 0.3) is 0 Å². The molecule has 1 atom stereocenters. The second kappa shape index (κ2) is 19.1. The van der Waals surface area contributed by atoms with Crippen LogP contribution in [0.1, 0.15) is 116 Å². The van der Waals surface area contributed by atoms with Crippen molar-refractivity contribution in [3.63, 3.8) is 0 Å². The second-order valence-corrected chi connectivity index (χ2v) is 8.19. The highest BCUT2D eigenvalue weighted by molar-refractivity contribution is 5.83. The molecule has 0 aromatic carbocycles. The van der Waals surface area contributed by atoms with E-state index in [0.29, 0.717) is 19.3 Å². The molecule has 0 aliphatic rings. The highest BCUT2D eigenvalue weighted by atomic mass is 16.4. The minimum Gasteiger partial charge on any atom is -0.481 e. The monoisotopic (exact) mass is 427 g/mol. The number of ketones is 1. The van der Waals surface area contributed by atoms with Crippen LogP contribution in [-0.2, 0) is 19.2 Å². The minimum atomic E-state index is -1.05. The number of carbonyl (C=O) groups is 4. The summed E-state index contributed by atoms with van der Waals surface area (Å²) in [5, 5.41) is 20.3. The minimum absolute atomic E-state index is 0.0263. The summed E-state index contributed by atoms with van der Waals surface area (Å²) < 4.78 is 0. The largest absolute Gasteiger partial charge is 0.481 e. The summed E-state index contributed by atoms with van der Waals surface area (Å²) in [6.45, 7) is 1.47. The molecule has 0 saturated carbocycles. The maximum Gasteiger partial charge on any atom is 0.326 e. The standard InChI is InChI=1S/C23H41NO6/c1-19(25)15-14-16-20(23(29)30)24-21(26)17-12-10-8-6-4-2-3-5-7-9-11-13-18-22(27)28/h20H,2-18H2,1H3,(H,24,26)(H,27,28)(H,29,30)/t20-/m0/s1. The average Bonchev–Trinajstić information content (AvgIpc) is 2.66. The van der Waals surface area contributed by atoms with Gasteiger partial charge in [0.1, 0.15) is 11.8 Å². The molecule has 0 spiro atoms. The van der Waals surface area contributed by atoms with E-state index in [1.165, 1.54) is 39.0 Å². The quantitative estimate of drug-likeness (QED) is 0.225. The summed E-state index contributed by atoms with van der Waals surface area (Å²) in [6, 6.07) is -0.908. The Morgan fingerprint density at radius 1 is 0.633 bits per heavy atom. The number of hydrogen-bond donors (Lipinski definition) is 3. The Morgan fingerprint density at radius 3 is 1.47 bits per heavy atom. The summed E-state index contributed by atoms with van der Waals surface area (Å²) in [5.41, 5.74) is 0. The van der Waals surface area contributed by atoms with E-state index >= 15 is 0 Å². The van der Waals surface area contributed by atoms with Crippen molar-refractivity contribution >= 4 is 23.6 Å². The van der Waals surface area contributed by atoms with Crippen LogP contribution >= 0.6 is 0 Å². The van der Waals surface area contributed by atoms with Crippen molar-refractivity contribution in [3.05, 3.63) is 0 Å². The number of nitrogens with one attached hydrogen (secondary N) is 1. The molecule has 0 aromatic rings. The zero-order chi connectivity index (χ0) is 22.6. The topological polar surface area (TPSA) is 121 Å². The van der Waals surface area contributed by atoms with Crippen LogP contribution < -0.4 is 5.32 Å². The summed E-state index contributed by atoms with van der Waals surface area (Å²) in [6.07, 6.45) is 14.6. The first kappa shape index (κ1) is 28.1. The van der Waals surface area contributed by atoms with Gasteiger partial charge in [0.25, 0.3) is 0 Å². The predicted octanol–water partition coefficient (Wildman–Crippen LogP) is 4.86. The molecule has 0 aliphatic heterocycles. The van der Waals surface area contributed by atoms with Crippen molar-refractivity contribution in [1.29, 1.82) is 0 Å². The molecule has 0 saturated heterocycles. The lowest BCUT2D eigenvalue weighted by Gasteiger charge is -2.14. The van der Waals surface area contributed by atoms with Gasteiger partial charge in [-0.3, -0.25) is 9.59 Å². The Kier molecular flexibility index (Phi) is 17.8. The highest BCUT2D eigenvalue weighted by Gasteiger charge is 2.19. The molecule has 7 heteroatoms. The van der Waals surface area contributed by atoms with Gasteiger partial charge in [-0.15, -0.1) is 0 Å². The first-order chi connectivity index (χ1) is 14.3. The first-order valence-corrected chi connectivity index (χ1v) is 11.6. The van der Waals surface area contributed by atoms with Gasteiger partial charge in [-0.25, -0.2) is 4.79 Å². The van der Waals surface area contributed by atoms with Gasteiger partial charge in [0.15, 0.2) is 0 Å². The molecule has 0 bridgehead atoms. The highest BCUT2D eigenvalue weighted by Crippen LogP contribution is 2.13. The number of carbonyl (C=O) groups excluding carboxylic acids is 2. The zero-order valence-corrected chi connectivity index (χ0v) is 18.6. The van der Waals surface area contributed by atoms with Crippen molar-refractivity contribution in [2.24, 2.45) is 0 Å². The smallest absolute Gasteiger partial charge is 0.326 e. The lowest BCUT2D eigenvalue weighted by Crippen LogP contribution is -2.40. The molecule has 0 aromatic heterocycles. The van der Waals surface area contributed by atoms with Crippen molar-refractivity contribution in [2.75, 3.05) is 0 Å². The normalized spacial score (nSPS) is 11.8. The maximum atomic E-state index is 11.9. The molecule has 0 unspecified atom stereocenters. The Morgan fingerprint density at radius 2 is 1.07 bits per heavy atom. The predicted molar refractivity (Wildman–Crippen MR) is 116 cm³/mol. The van der Waals surface area contributed by atoms with Crippen LogP contribution in [0.5, 0.6) is 0 Å². The van der Waals surface area contributed by atoms with Gasteiger partial charge >= 0.3 is 11.9 Å². The number of carboxylic acids is 2. The third kappa shape index (κ3) is 19.4. The Hall–Kier alpha value is -1.92. The van der Waals surface area contributed by atoms with Crippen molar-refractivity contribution < 1.29 is 29.4 Å². The van der Waals surface area contributed by atoms with Gasteiger partial charge in [-0.1, -0.05) is 64.2 Å². The zero-order valence-electron chi connectivity index (χ0n) is 18.6. The summed E-state index contributed by atoms with van der Waals surface area (Å²) >= 11 is 0. The van der Waals surface area contributed by atoms with Gasteiger partial charge in [0.05, 0.1) is 0 Å². The number of carboxylic acid groups (broad SMARTS) is 2. The molecule has 30 heavy (non-hydrogen) atoms. The summed E-state index contributed by atoms with van der Waals surface area (Å²) in [5.74, 6) is -1.96. The fourth-order valence-corrected chi connectivity index (χ4v) is 3.41. The fourth-order valence-electron chi connectivity index (χ4n) is 3.41. The van der Waals surface area contributed by atoms with Gasteiger partial charge in [0, 0.05) is 19.3 Å². The molecule has 0 aliphatic carbocycles. The SMILES string of the molecule is CC(=O)CCC[C@H](NC(=O)CCCCCCCCCCCCCCC(=O)O)C(=O)O. The van der Waals surface area contributed by atoms with E-state index in [0.717, 1.165) is 44.9 Å². The number of aliphatic carboxylic acids is 2. The van der Waals surface area contributed by atoms with E-state index < -0.39 is 18.0 Å². The molecular weight excluding hydrogens is 386 g/mol. The van der Waals surface area contributed by atoms with Gasteiger partial charge < -0.3 is 20.3 Å². The molecule has 0 fully saturated rings. The summed E-state index contributed by atoms with van der Waals surface area (Å²) in [7, 11) is 0. The molecule has 0 heterocycles. The van der Waals surface area contributed by atoms with Crippen molar-refractivity contribution in [1.82, 2.24) is 5.32 Å². The number of amides is 1. The van der Waals surface area contributed by atoms with E-state index in [-0.39, 0.29) is 24.5 Å². The molecule has 174 valence electrons. The van der Waals surface area contributed by atoms with Crippen LogP contribution in [0, 0.1) is 0 Å². The van der Waals surface area contributed by atoms with Crippen LogP contribution in [0.3, 0.4) is 0 Å². The molecule has 7 nitrogen and oxygen atoms in total. The summed E-state index contributed by atoms with van der Waals surface area (Å²) in [4.78, 5) is 44.5. The molecule has 0 radical (unpaired) electrons. The lowest BCUT2D eigenvalue weighted by molar-refractivity contribution is -0.142.